The summed E-state index contributed by atoms with van der Waals surface area (Å²) in [4.78, 5) is 0.839. The Bertz CT molecular complexity index is 927. The van der Waals surface area contributed by atoms with Crippen LogP contribution in [0, 0.1) is 11.6 Å². The number of sulfonamides is 1. The number of hydrogen-bond donors (Lipinski definition) is 1. The summed E-state index contributed by atoms with van der Waals surface area (Å²) in [5, 5.41) is 7.93. The van der Waals surface area contributed by atoms with E-state index in [1.165, 1.54) is 17.2 Å². The van der Waals surface area contributed by atoms with Gasteiger partial charge in [-0.1, -0.05) is 30.3 Å². The Hall–Kier alpha value is -2.65. The largest absolute Gasteiger partial charge is 0.241 e. The van der Waals surface area contributed by atoms with Gasteiger partial charge in [0.2, 0.25) is 10.0 Å². The van der Waals surface area contributed by atoms with Gasteiger partial charge in [-0.2, -0.15) is 15.0 Å². The SMILES string of the molecule is O=S(=O)(NC(Cn1nccn1)c1ccccc1)c1cc(F)cc(F)c1. The molecule has 0 aliphatic heterocycles. The van der Waals surface area contributed by atoms with Crippen LogP contribution in [0.25, 0.3) is 0 Å². The topological polar surface area (TPSA) is 76.9 Å². The molecule has 9 heteroatoms. The van der Waals surface area contributed by atoms with Crippen molar-refractivity contribution in [3.8, 4) is 0 Å². The molecule has 0 saturated heterocycles. The van der Waals surface area contributed by atoms with E-state index in [-0.39, 0.29) is 6.54 Å². The lowest BCUT2D eigenvalue weighted by atomic mass is 10.1. The highest BCUT2D eigenvalue weighted by Gasteiger charge is 2.23. The van der Waals surface area contributed by atoms with Crippen LogP contribution < -0.4 is 4.72 Å². The van der Waals surface area contributed by atoms with Crippen molar-refractivity contribution >= 4 is 10.0 Å². The summed E-state index contributed by atoms with van der Waals surface area (Å²) in [6.45, 7) is 0.119. The molecule has 0 aliphatic carbocycles. The number of nitrogens with one attached hydrogen (secondary N) is 1. The lowest BCUT2D eigenvalue weighted by molar-refractivity contribution is 0.444. The Morgan fingerprint density at radius 2 is 1.60 bits per heavy atom. The Morgan fingerprint density at radius 1 is 1.00 bits per heavy atom. The first-order valence-electron chi connectivity index (χ1n) is 7.31. The van der Waals surface area contributed by atoms with Crippen molar-refractivity contribution in [1.29, 1.82) is 0 Å². The van der Waals surface area contributed by atoms with Crippen molar-refractivity contribution in [3.05, 3.63) is 78.1 Å². The molecule has 2 aromatic carbocycles. The fourth-order valence-electron chi connectivity index (χ4n) is 2.34. The maximum Gasteiger partial charge on any atom is 0.241 e. The smallest absolute Gasteiger partial charge is 0.207 e. The summed E-state index contributed by atoms with van der Waals surface area (Å²) in [6, 6.07) is 10.2. The molecule has 0 fully saturated rings. The van der Waals surface area contributed by atoms with E-state index in [4.69, 9.17) is 0 Å². The number of hydrogen-bond acceptors (Lipinski definition) is 4. The standard InChI is InChI=1S/C16H14F2N4O2S/c17-13-8-14(18)10-15(9-13)25(23,24)21-16(11-22-19-6-7-20-22)12-4-2-1-3-5-12/h1-10,16,21H,11H2. The predicted molar refractivity (Wildman–Crippen MR) is 85.9 cm³/mol. The minimum atomic E-state index is -4.15. The van der Waals surface area contributed by atoms with Crippen LogP contribution >= 0.6 is 0 Å². The molecule has 130 valence electrons. The summed E-state index contributed by atoms with van der Waals surface area (Å²) >= 11 is 0. The molecular formula is C16H14F2N4O2S. The Balaban J connectivity index is 1.93. The summed E-state index contributed by atoms with van der Waals surface area (Å²) < 4.78 is 54.3. The summed E-state index contributed by atoms with van der Waals surface area (Å²) in [7, 11) is -4.15. The lowest BCUT2D eigenvalue weighted by Gasteiger charge is -2.19. The van der Waals surface area contributed by atoms with Gasteiger partial charge in [0, 0.05) is 6.07 Å². The average molecular weight is 364 g/mol. The van der Waals surface area contributed by atoms with Crippen LogP contribution in [0.4, 0.5) is 8.78 Å². The molecule has 1 aromatic heterocycles. The molecule has 0 bridgehead atoms. The molecular weight excluding hydrogens is 350 g/mol. The monoisotopic (exact) mass is 364 g/mol. The van der Waals surface area contributed by atoms with E-state index in [0.29, 0.717) is 11.6 Å². The van der Waals surface area contributed by atoms with E-state index >= 15 is 0 Å². The number of halogens is 2. The molecule has 1 atom stereocenters. The van der Waals surface area contributed by atoms with Gasteiger partial charge >= 0.3 is 0 Å². The van der Waals surface area contributed by atoms with Gasteiger partial charge in [0.05, 0.1) is 29.9 Å². The molecule has 0 spiro atoms. The third-order valence-corrected chi connectivity index (χ3v) is 4.91. The van der Waals surface area contributed by atoms with Crippen LogP contribution in [0.1, 0.15) is 11.6 Å². The minimum absolute atomic E-state index is 0.119. The number of nitrogens with zero attached hydrogens (tertiary/aromatic N) is 3. The van der Waals surface area contributed by atoms with Gasteiger partial charge in [-0.05, 0) is 17.7 Å². The van der Waals surface area contributed by atoms with Crippen LogP contribution in [-0.2, 0) is 16.6 Å². The van der Waals surface area contributed by atoms with Gasteiger partial charge in [-0.3, -0.25) is 0 Å². The van der Waals surface area contributed by atoms with E-state index in [2.05, 4.69) is 14.9 Å². The third kappa shape index (κ3) is 4.25. The highest BCUT2D eigenvalue weighted by molar-refractivity contribution is 7.89. The summed E-state index contributed by atoms with van der Waals surface area (Å²) in [5.41, 5.74) is 0.667. The molecule has 1 heterocycles. The van der Waals surface area contributed by atoms with Crippen molar-refractivity contribution in [3.63, 3.8) is 0 Å². The van der Waals surface area contributed by atoms with Crippen molar-refractivity contribution in [2.45, 2.75) is 17.5 Å². The van der Waals surface area contributed by atoms with Crippen molar-refractivity contribution in [2.24, 2.45) is 0 Å². The van der Waals surface area contributed by atoms with E-state index in [1.807, 2.05) is 0 Å². The van der Waals surface area contributed by atoms with Crippen LogP contribution in [0.5, 0.6) is 0 Å². The van der Waals surface area contributed by atoms with Gasteiger partial charge in [0.25, 0.3) is 0 Å². The zero-order valence-corrected chi connectivity index (χ0v) is 13.7. The fourth-order valence-corrected chi connectivity index (χ4v) is 3.59. The zero-order chi connectivity index (χ0) is 17.9. The Morgan fingerprint density at radius 3 is 2.20 bits per heavy atom. The lowest BCUT2D eigenvalue weighted by Crippen LogP contribution is -2.32. The van der Waals surface area contributed by atoms with E-state index in [9.17, 15) is 17.2 Å². The first-order valence-corrected chi connectivity index (χ1v) is 8.80. The second kappa shape index (κ2) is 7.08. The van der Waals surface area contributed by atoms with E-state index in [1.54, 1.807) is 30.3 Å². The van der Waals surface area contributed by atoms with Gasteiger partial charge < -0.3 is 0 Å². The first kappa shape index (κ1) is 17.2. The van der Waals surface area contributed by atoms with Gasteiger partial charge in [-0.15, -0.1) is 0 Å². The van der Waals surface area contributed by atoms with Crippen molar-refractivity contribution in [1.82, 2.24) is 19.7 Å². The summed E-state index contributed by atoms with van der Waals surface area (Å²) in [5.74, 6) is -1.93. The first-order chi connectivity index (χ1) is 11.9. The molecule has 3 rings (SSSR count). The van der Waals surface area contributed by atoms with E-state index in [0.717, 1.165) is 12.1 Å². The highest BCUT2D eigenvalue weighted by atomic mass is 32.2. The fraction of sp³-hybridized carbons (Fsp3) is 0.125. The third-order valence-electron chi connectivity index (χ3n) is 3.46. The maximum absolute atomic E-state index is 13.4. The Kier molecular flexibility index (Phi) is 4.86. The molecule has 0 saturated carbocycles. The van der Waals surface area contributed by atoms with Gasteiger partial charge in [0.15, 0.2) is 0 Å². The Labute approximate surface area is 143 Å². The molecule has 6 nitrogen and oxygen atoms in total. The molecule has 0 amide bonds. The van der Waals surface area contributed by atoms with Crippen molar-refractivity contribution in [2.75, 3.05) is 0 Å². The number of rotatable bonds is 6. The quantitative estimate of drug-likeness (QED) is 0.728. The molecule has 3 aromatic rings. The molecule has 1 unspecified atom stereocenters. The normalized spacial score (nSPS) is 12.9. The number of aromatic nitrogens is 3. The highest BCUT2D eigenvalue weighted by Crippen LogP contribution is 2.20. The summed E-state index contributed by atoms with van der Waals surface area (Å²) in [6.07, 6.45) is 2.94. The zero-order valence-electron chi connectivity index (χ0n) is 12.9. The van der Waals surface area contributed by atoms with Crippen LogP contribution in [0.3, 0.4) is 0 Å². The molecule has 0 radical (unpaired) electrons. The molecule has 0 aliphatic rings. The van der Waals surface area contributed by atoms with E-state index < -0.39 is 32.6 Å². The van der Waals surface area contributed by atoms with Crippen LogP contribution in [0.15, 0.2) is 65.8 Å². The number of benzene rings is 2. The van der Waals surface area contributed by atoms with Crippen molar-refractivity contribution < 1.29 is 17.2 Å². The minimum Gasteiger partial charge on any atom is -0.207 e. The molecule has 25 heavy (non-hydrogen) atoms. The molecule has 1 N–H and O–H groups in total. The average Bonchev–Trinajstić information content (AvgIpc) is 3.07. The van der Waals surface area contributed by atoms with Gasteiger partial charge in [-0.25, -0.2) is 21.9 Å². The van der Waals surface area contributed by atoms with Gasteiger partial charge in [0.1, 0.15) is 11.6 Å². The maximum atomic E-state index is 13.4. The predicted octanol–water partition coefficient (Wildman–Crippen LogP) is 2.28. The van der Waals surface area contributed by atoms with Crippen LogP contribution in [-0.4, -0.2) is 23.4 Å². The van der Waals surface area contributed by atoms with Crippen LogP contribution in [0.2, 0.25) is 0 Å². The second-order valence-electron chi connectivity index (χ2n) is 5.27. The second-order valence-corrected chi connectivity index (χ2v) is 6.99.